The van der Waals surface area contributed by atoms with Crippen LogP contribution in [0.3, 0.4) is 0 Å². The van der Waals surface area contributed by atoms with Crippen LogP contribution in [0.2, 0.25) is 0 Å². The van der Waals surface area contributed by atoms with Crippen molar-refractivity contribution in [2.45, 2.75) is 32.3 Å². The van der Waals surface area contributed by atoms with E-state index in [-0.39, 0.29) is 5.50 Å². The molecule has 1 aliphatic heterocycles. The fourth-order valence-electron chi connectivity index (χ4n) is 2.35. The molecule has 2 unspecified atom stereocenters. The van der Waals surface area contributed by atoms with Crippen molar-refractivity contribution in [3.8, 4) is 11.5 Å². The summed E-state index contributed by atoms with van der Waals surface area (Å²) in [6.07, 6.45) is 3.06. The Kier molecular flexibility index (Phi) is 6.30. The Bertz CT molecular complexity index is 602. The molecule has 126 valence electrons. The van der Waals surface area contributed by atoms with E-state index in [2.05, 4.69) is 29.7 Å². The van der Waals surface area contributed by atoms with Crippen molar-refractivity contribution >= 4 is 17.4 Å². The Labute approximate surface area is 142 Å². The lowest BCUT2D eigenvalue weighted by Gasteiger charge is -2.26. The maximum atomic E-state index is 6.29. The van der Waals surface area contributed by atoms with Gasteiger partial charge in [-0.1, -0.05) is 25.4 Å². The van der Waals surface area contributed by atoms with Crippen LogP contribution in [0.4, 0.5) is 0 Å². The Morgan fingerprint density at radius 1 is 1.30 bits per heavy atom. The number of benzene rings is 1. The molecule has 0 aromatic heterocycles. The molecule has 0 radical (unpaired) electrons. The third kappa shape index (κ3) is 4.39. The summed E-state index contributed by atoms with van der Waals surface area (Å²) < 4.78 is 10.6. The summed E-state index contributed by atoms with van der Waals surface area (Å²) in [7, 11) is 3.28. The van der Waals surface area contributed by atoms with Crippen molar-refractivity contribution in [2.24, 2.45) is 10.9 Å². The summed E-state index contributed by atoms with van der Waals surface area (Å²) in [6, 6.07) is 5.72. The summed E-state index contributed by atoms with van der Waals surface area (Å²) in [5, 5.41) is 0. The average Bonchev–Trinajstić information content (AvgIpc) is 2.60. The molecule has 2 rings (SSSR count). The van der Waals surface area contributed by atoms with E-state index >= 15 is 0 Å². The molecular weight excluding hydrogens is 314 g/mol. The van der Waals surface area contributed by atoms with Gasteiger partial charge in [-0.05, 0) is 36.1 Å². The molecule has 0 saturated heterocycles. The van der Waals surface area contributed by atoms with Gasteiger partial charge in [0.2, 0.25) is 0 Å². The molecule has 0 fully saturated rings. The lowest BCUT2D eigenvalue weighted by atomic mass is 9.97. The highest BCUT2D eigenvalue weighted by Crippen LogP contribution is 2.26. The van der Waals surface area contributed by atoms with Crippen LogP contribution in [0, 0.1) is 5.92 Å². The van der Waals surface area contributed by atoms with Gasteiger partial charge in [-0.25, -0.2) is 5.43 Å². The predicted molar refractivity (Wildman–Crippen MR) is 94.1 cm³/mol. The Morgan fingerprint density at radius 3 is 2.74 bits per heavy atom. The van der Waals surface area contributed by atoms with Crippen LogP contribution in [-0.4, -0.2) is 25.6 Å². The zero-order chi connectivity index (χ0) is 16.8. The average molecular weight is 338 g/mol. The SMILES string of the molecule is CCC(C)C1=CC(=NCc2ccc(OC)cc2OC)NNC1Cl. The number of nitrogens with zero attached hydrogens (tertiary/aromatic N) is 1. The highest BCUT2D eigenvalue weighted by atomic mass is 35.5. The van der Waals surface area contributed by atoms with Gasteiger partial charge >= 0.3 is 0 Å². The number of amidine groups is 1. The van der Waals surface area contributed by atoms with Crippen molar-refractivity contribution in [3.63, 3.8) is 0 Å². The molecule has 0 aliphatic carbocycles. The van der Waals surface area contributed by atoms with E-state index < -0.39 is 0 Å². The minimum absolute atomic E-state index is 0.209. The number of rotatable bonds is 6. The molecule has 1 aromatic carbocycles. The fraction of sp³-hybridized carbons (Fsp3) is 0.471. The van der Waals surface area contributed by atoms with Crippen LogP contribution in [0.25, 0.3) is 0 Å². The normalized spacial score (nSPS) is 20.7. The van der Waals surface area contributed by atoms with E-state index in [4.69, 9.17) is 21.1 Å². The Morgan fingerprint density at radius 2 is 2.09 bits per heavy atom. The Hall–Kier alpha value is -1.72. The first-order valence-corrected chi connectivity index (χ1v) is 8.15. The first kappa shape index (κ1) is 17.6. The molecule has 1 aliphatic rings. The van der Waals surface area contributed by atoms with E-state index in [1.807, 2.05) is 24.3 Å². The molecule has 0 amide bonds. The maximum absolute atomic E-state index is 6.29. The van der Waals surface area contributed by atoms with E-state index in [1.54, 1.807) is 14.2 Å². The quantitative estimate of drug-likeness (QED) is 0.618. The molecule has 2 N–H and O–H groups in total. The molecule has 23 heavy (non-hydrogen) atoms. The fourth-order valence-corrected chi connectivity index (χ4v) is 2.69. The molecule has 0 saturated carbocycles. The maximum Gasteiger partial charge on any atom is 0.135 e. The van der Waals surface area contributed by atoms with Gasteiger partial charge in [0, 0.05) is 11.6 Å². The number of hydrogen-bond donors (Lipinski definition) is 2. The first-order chi connectivity index (χ1) is 11.1. The summed E-state index contributed by atoms with van der Waals surface area (Å²) >= 11 is 6.29. The number of hydrogen-bond acceptors (Lipinski definition) is 4. The van der Waals surface area contributed by atoms with Gasteiger partial charge < -0.3 is 14.9 Å². The molecule has 5 nitrogen and oxygen atoms in total. The van der Waals surface area contributed by atoms with Gasteiger partial charge in [0.15, 0.2) is 0 Å². The number of ether oxygens (including phenoxy) is 2. The first-order valence-electron chi connectivity index (χ1n) is 7.71. The number of methoxy groups -OCH3 is 2. The number of nitrogens with one attached hydrogen (secondary N) is 2. The number of halogens is 1. The minimum atomic E-state index is -0.209. The topological polar surface area (TPSA) is 54.9 Å². The second kappa shape index (κ2) is 8.22. The van der Waals surface area contributed by atoms with Crippen LogP contribution in [0.5, 0.6) is 11.5 Å². The van der Waals surface area contributed by atoms with Crippen molar-refractivity contribution in [3.05, 3.63) is 35.4 Å². The minimum Gasteiger partial charge on any atom is -0.497 e. The third-order valence-corrected chi connectivity index (χ3v) is 4.38. The highest BCUT2D eigenvalue weighted by molar-refractivity contribution is 6.23. The van der Waals surface area contributed by atoms with Gasteiger partial charge in [0.05, 0.1) is 20.8 Å². The van der Waals surface area contributed by atoms with Crippen LogP contribution in [0.1, 0.15) is 25.8 Å². The molecule has 6 heteroatoms. The third-order valence-electron chi connectivity index (χ3n) is 4.02. The standard InChI is InChI=1S/C17H24ClN3O2/c1-5-11(2)14-9-16(20-21-17(14)18)19-10-12-6-7-13(22-3)8-15(12)23-4/h6-9,11,17,21H,5,10H2,1-4H3,(H,19,20). The molecule has 1 aromatic rings. The summed E-state index contributed by atoms with van der Waals surface area (Å²) in [5.74, 6) is 2.71. The molecule has 0 spiro atoms. The van der Waals surface area contributed by atoms with Crippen molar-refractivity contribution in [2.75, 3.05) is 14.2 Å². The lowest BCUT2D eigenvalue weighted by molar-refractivity contribution is 0.391. The largest absolute Gasteiger partial charge is 0.497 e. The molecule has 0 bridgehead atoms. The number of aliphatic imine (C=N–C) groups is 1. The van der Waals surface area contributed by atoms with E-state index in [0.717, 1.165) is 34.9 Å². The predicted octanol–water partition coefficient (Wildman–Crippen LogP) is 3.25. The van der Waals surface area contributed by atoms with Gasteiger partial charge in [0.25, 0.3) is 0 Å². The van der Waals surface area contributed by atoms with Crippen LogP contribution < -0.4 is 20.3 Å². The zero-order valence-corrected chi connectivity index (χ0v) is 14.8. The van der Waals surface area contributed by atoms with Crippen molar-refractivity contribution in [1.82, 2.24) is 10.9 Å². The summed E-state index contributed by atoms with van der Waals surface area (Å²) in [4.78, 5) is 4.61. The van der Waals surface area contributed by atoms with Crippen molar-refractivity contribution < 1.29 is 9.47 Å². The van der Waals surface area contributed by atoms with Gasteiger partial charge in [0.1, 0.15) is 22.8 Å². The lowest BCUT2D eigenvalue weighted by Crippen LogP contribution is -2.47. The van der Waals surface area contributed by atoms with Gasteiger partial charge in [-0.3, -0.25) is 4.99 Å². The van der Waals surface area contributed by atoms with E-state index in [9.17, 15) is 0 Å². The van der Waals surface area contributed by atoms with E-state index in [0.29, 0.717) is 12.5 Å². The molecule has 1 heterocycles. The molecular formula is C17H24ClN3O2. The van der Waals surface area contributed by atoms with Crippen LogP contribution >= 0.6 is 11.6 Å². The van der Waals surface area contributed by atoms with Crippen LogP contribution in [-0.2, 0) is 6.54 Å². The zero-order valence-electron chi connectivity index (χ0n) is 14.0. The second-order valence-corrected chi connectivity index (χ2v) is 5.90. The Balaban J connectivity index is 2.18. The summed E-state index contributed by atoms with van der Waals surface area (Å²) in [6.45, 7) is 4.82. The highest BCUT2D eigenvalue weighted by Gasteiger charge is 2.21. The van der Waals surface area contributed by atoms with Crippen molar-refractivity contribution in [1.29, 1.82) is 0 Å². The van der Waals surface area contributed by atoms with Crippen LogP contribution in [0.15, 0.2) is 34.8 Å². The second-order valence-electron chi connectivity index (χ2n) is 5.46. The summed E-state index contributed by atoms with van der Waals surface area (Å²) in [5.41, 5.74) is 8.01. The van der Waals surface area contributed by atoms with Gasteiger partial charge in [-0.2, -0.15) is 0 Å². The smallest absolute Gasteiger partial charge is 0.135 e. The number of alkyl halides is 1. The van der Waals surface area contributed by atoms with E-state index in [1.165, 1.54) is 0 Å². The van der Waals surface area contributed by atoms with Gasteiger partial charge in [-0.15, -0.1) is 0 Å². The molecule has 2 atom stereocenters. The number of hydrazine groups is 1. The monoisotopic (exact) mass is 337 g/mol.